The highest BCUT2D eigenvalue weighted by Crippen LogP contribution is 2.23. The van der Waals surface area contributed by atoms with Crippen molar-refractivity contribution in [3.05, 3.63) is 59.1 Å². The monoisotopic (exact) mass is 321 g/mol. The number of sulfone groups is 1. The summed E-state index contributed by atoms with van der Waals surface area (Å²) in [7, 11) is -3.50. The first-order valence-electron chi connectivity index (χ1n) is 6.13. The van der Waals surface area contributed by atoms with Gasteiger partial charge in [0.2, 0.25) is 0 Å². The van der Waals surface area contributed by atoms with Crippen LogP contribution in [0.4, 0.5) is 0 Å². The van der Waals surface area contributed by atoms with Crippen LogP contribution < -0.4 is 4.74 Å². The van der Waals surface area contributed by atoms with Gasteiger partial charge in [-0.2, -0.15) is 5.26 Å². The average molecular weight is 322 g/mol. The number of rotatable bonds is 5. The van der Waals surface area contributed by atoms with Gasteiger partial charge in [-0.05, 0) is 30.3 Å². The molecule has 2 aromatic carbocycles. The number of nitriles is 1. The second kappa shape index (κ2) is 6.61. The summed E-state index contributed by atoms with van der Waals surface area (Å²) in [6, 6.07) is 14.7. The molecular formula is C15H12ClNO3S. The van der Waals surface area contributed by atoms with Crippen LogP contribution in [0.1, 0.15) is 5.56 Å². The lowest BCUT2D eigenvalue weighted by atomic mass is 10.2. The van der Waals surface area contributed by atoms with E-state index < -0.39 is 9.84 Å². The Morgan fingerprint density at radius 2 is 1.90 bits per heavy atom. The van der Waals surface area contributed by atoms with Crippen LogP contribution in [0.15, 0.2) is 53.4 Å². The third-order valence-electron chi connectivity index (χ3n) is 2.77. The van der Waals surface area contributed by atoms with Gasteiger partial charge < -0.3 is 4.74 Å². The minimum atomic E-state index is -3.50. The second-order valence-electron chi connectivity index (χ2n) is 4.24. The van der Waals surface area contributed by atoms with E-state index in [4.69, 9.17) is 21.6 Å². The Hall–Kier alpha value is -2.03. The highest BCUT2D eigenvalue weighted by atomic mass is 35.5. The average Bonchev–Trinajstić information content (AvgIpc) is 2.49. The molecule has 2 rings (SSSR count). The van der Waals surface area contributed by atoms with Gasteiger partial charge in [-0.15, -0.1) is 0 Å². The van der Waals surface area contributed by atoms with Gasteiger partial charge in [-0.25, -0.2) is 8.42 Å². The zero-order valence-electron chi connectivity index (χ0n) is 11.0. The Kier molecular flexibility index (Phi) is 4.84. The van der Waals surface area contributed by atoms with Crippen molar-refractivity contribution >= 4 is 21.4 Å². The molecule has 0 aliphatic carbocycles. The predicted octanol–water partition coefficient (Wildman–Crippen LogP) is 3.06. The van der Waals surface area contributed by atoms with Crippen molar-refractivity contribution in [2.75, 3.05) is 12.4 Å². The van der Waals surface area contributed by atoms with E-state index in [1.807, 2.05) is 6.07 Å². The van der Waals surface area contributed by atoms with Gasteiger partial charge in [0.25, 0.3) is 0 Å². The van der Waals surface area contributed by atoms with Gasteiger partial charge in [0.15, 0.2) is 9.84 Å². The Morgan fingerprint density at radius 3 is 2.62 bits per heavy atom. The summed E-state index contributed by atoms with van der Waals surface area (Å²) in [6.45, 7) is -0.0111. The summed E-state index contributed by atoms with van der Waals surface area (Å²) >= 11 is 5.92. The molecule has 0 radical (unpaired) electrons. The smallest absolute Gasteiger partial charge is 0.181 e. The third kappa shape index (κ3) is 3.97. The molecule has 0 saturated heterocycles. The molecule has 4 nitrogen and oxygen atoms in total. The van der Waals surface area contributed by atoms with Gasteiger partial charge in [0, 0.05) is 0 Å². The summed E-state index contributed by atoms with van der Waals surface area (Å²) in [5.74, 6) is 0.257. The Morgan fingerprint density at radius 1 is 1.14 bits per heavy atom. The van der Waals surface area contributed by atoms with E-state index in [2.05, 4.69) is 0 Å². The van der Waals surface area contributed by atoms with E-state index in [0.717, 1.165) is 0 Å². The van der Waals surface area contributed by atoms with Crippen LogP contribution in [0.25, 0.3) is 0 Å². The Labute approximate surface area is 128 Å². The molecular weight excluding hydrogens is 310 g/mol. The number of nitrogens with zero attached hydrogens (tertiary/aromatic N) is 1. The van der Waals surface area contributed by atoms with Crippen molar-refractivity contribution < 1.29 is 13.2 Å². The lowest BCUT2D eigenvalue weighted by Gasteiger charge is -2.08. The lowest BCUT2D eigenvalue weighted by Crippen LogP contribution is -2.14. The molecule has 0 aromatic heterocycles. The zero-order valence-corrected chi connectivity index (χ0v) is 12.6. The molecule has 2 aromatic rings. The maximum Gasteiger partial charge on any atom is 0.181 e. The van der Waals surface area contributed by atoms with Gasteiger partial charge >= 0.3 is 0 Å². The molecule has 0 aliphatic rings. The molecule has 0 saturated carbocycles. The highest BCUT2D eigenvalue weighted by Gasteiger charge is 2.15. The van der Waals surface area contributed by atoms with Crippen LogP contribution in [-0.4, -0.2) is 20.8 Å². The molecule has 6 heteroatoms. The van der Waals surface area contributed by atoms with Crippen molar-refractivity contribution in [1.82, 2.24) is 0 Å². The maximum absolute atomic E-state index is 12.2. The molecule has 0 fully saturated rings. The predicted molar refractivity (Wildman–Crippen MR) is 80.2 cm³/mol. The topological polar surface area (TPSA) is 67.2 Å². The van der Waals surface area contributed by atoms with Crippen LogP contribution in [0.5, 0.6) is 5.75 Å². The fraction of sp³-hybridized carbons (Fsp3) is 0.133. The molecule has 0 unspecified atom stereocenters. The van der Waals surface area contributed by atoms with Crippen molar-refractivity contribution in [2.24, 2.45) is 0 Å². The molecule has 0 spiro atoms. The van der Waals surface area contributed by atoms with Crippen molar-refractivity contribution in [2.45, 2.75) is 4.90 Å². The number of hydrogen-bond donors (Lipinski definition) is 0. The molecule has 0 amide bonds. The summed E-state index contributed by atoms with van der Waals surface area (Å²) in [6.07, 6.45) is 0. The normalized spacial score (nSPS) is 10.9. The highest BCUT2D eigenvalue weighted by molar-refractivity contribution is 7.91. The molecule has 0 bridgehead atoms. The van der Waals surface area contributed by atoms with E-state index in [0.29, 0.717) is 16.3 Å². The molecule has 21 heavy (non-hydrogen) atoms. The molecule has 0 N–H and O–H groups in total. The zero-order chi connectivity index (χ0) is 15.3. The van der Waals surface area contributed by atoms with Gasteiger partial charge in [-0.3, -0.25) is 0 Å². The van der Waals surface area contributed by atoms with Gasteiger partial charge in [-0.1, -0.05) is 29.8 Å². The van der Waals surface area contributed by atoms with E-state index in [9.17, 15) is 8.42 Å². The van der Waals surface area contributed by atoms with E-state index in [1.54, 1.807) is 36.4 Å². The summed E-state index contributed by atoms with van der Waals surface area (Å²) in [5, 5.41) is 9.23. The first-order valence-corrected chi connectivity index (χ1v) is 8.16. The van der Waals surface area contributed by atoms with Crippen LogP contribution in [-0.2, 0) is 9.84 Å². The van der Waals surface area contributed by atoms with E-state index in [1.165, 1.54) is 12.1 Å². The molecule has 0 aliphatic heterocycles. The van der Waals surface area contributed by atoms with Crippen LogP contribution in [0, 0.1) is 11.3 Å². The largest absolute Gasteiger partial charge is 0.491 e. The first kappa shape index (κ1) is 15.4. The van der Waals surface area contributed by atoms with Gasteiger partial charge in [0.1, 0.15) is 12.4 Å². The Balaban J connectivity index is 2.05. The van der Waals surface area contributed by atoms with Crippen LogP contribution >= 0.6 is 11.6 Å². The van der Waals surface area contributed by atoms with E-state index >= 15 is 0 Å². The van der Waals surface area contributed by atoms with Gasteiger partial charge in [0.05, 0.1) is 27.3 Å². The van der Waals surface area contributed by atoms with E-state index in [-0.39, 0.29) is 17.3 Å². The summed E-state index contributed by atoms with van der Waals surface area (Å²) < 4.78 is 29.7. The Bertz CT molecular complexity index is 782. The number of hydrogen-bond acceptors (Lipinski definition) is 4. The minimum absolute atomic E-state index is 0.0111. The van der Waals surface area contributed by atoms with Crippen molar-refractivity contribution in [3.8, 4) is 11.8 Å². The fourth-order valence-electron chi connectivity index (χ4n) is 1.70. The van der Waals surface area contributed by atoms with Crippen LogP contribution in [0.3, 0.4) is 0 Å². The second-order valence-corrected chi connectivity index (χ2v) is 6.75. The molecule has 108 valence electrons. The SMILES string of the molecule is N#Cc1cccc(S(=O)(=O)CCOc2ccccc2Cl)c1. The number of ether oxygens (including phenoxy) is 1. The molecule has 0 heterocycles. The third-order valence-corrected chi connectivity index (χ3v) is 4.76. The minimum Gasteiger partial charge on any atom is -0.491 e. The standard InChI is InChI=1S/C15H12ClNO3S/c16-14-6-1-2-7-15(14)20-8-9-21(18,19)13-5-3-4-12(10-13)11-17/h1-7,10H,8-9H2. The number of para-hydroxylation sites is 1. The molecule has 0 atom stereocenters. The number of benzene rings is 2. The first-order chi connectivity index (χ1) is 10.0. The summed E-state index contributed by atoms with van der Waals surface area (Å²) in [5.41, 5.74) is 0.308. The van der Waals surface area contributed by atoms with Crippen LogP contribution in [0.2, 0.25) is 5.02 Å². The van der Waals surface area contributed by atoms with Crippen molar-refractivity contribution in [1.29, 1.82) is 5.26 Å². The lowest BCUT2D eigenvalue weighted by molar-refractivity contribution is 0.341. The quantitative estimate of drug-likeness (QED) is 0.848. The van der Waals surface area contributed by atoms with Crippen molar-refractivity contribution in [3.63, 3.8) is 0 Å². The summed E-state index contributed by atoms with van der Waals surface area (Å²) in [4.78, 5) is 0.115. The number of halogens is 1. The fourth-order valence-corrected chi connectivity index (χ4v) is 3.02. The maximum atomic E-state index is 12.2.